The Labute approximate surface area is 115 Å². The molecule has 0 rings (SSSR count). The quantitative estimate of drug-likeness (QED) is 0.522. The number of halogens is 1. The molecule has 0 aliphatic carbocycles. The van der Waals surface area contributed by atoms with E-state index in [2.05, 4.69) is 0 Å². The first kappa shape index (κ1) is 17.4. The molecule has 3 heteroatoms. The Morgan fingerprint density at radius 1 is 1.26 bits per heavy atom. The number of carbonyl (C=O) groups is 1. The zero-order valence-corrected chi connectivity index (χ0v) is 12.2. The summed E-state index contributed by atoms with van der Waals surface area (Å²) < 4.78 is 13.7. The van der Waals surface area contributed by atoms with Crippen molar-refractivity contribution >= 4 is 5.97 Å². The van der Waals surface area contributed by atoms with Gasteiger partial charge in [0.25, 0.3) is 0 Å². The molecule has 0 aliphatic rings. The van der Waals surface area contributed by atoms with Gasteiger partial charge < -0.3 is 5.11 Å². The summed E-state index contributed by atoms with van der Waals surface area (Å²) in [5.74, 6) is -1.45. The van der Waals surface area contributed by atoms with Gasteiger partial charge in [0.1, 0.15) is 5.83 Å². The van der Waals surface area contributed by atoms with Crippen LogP contribution in [0.25, 0.3) is 0 Å². The average molecular weight is 266 g/mol. The van der Waals surface area contributed by atoms with Gasteiger partial charge in [-0.15, -0.1) is 0 Å². The fraction of sp³-hybridized carbons (Fsp3) is 0.438. The highest BCUT2D eigenvalue weighted by Gasteiger charge is 2.11. The monoisotopic (exact) mass is 266 g/mol. The van der Waals surface area contributed by atoms with Gasteiger partial charge in [0.2, 0.25) is 0 Å². The van der Waals surface area contributed by atoms with Crippen LogP contribution in [0.4, 0.5) is 4.39 Å². The lowest BCUT2D eigenvalue weighted by atomic mass is 10.0. The standard InChI is InChI=1S/C16H23FO2/c1-5-8-9-15(16(18)19)13(7-3)11-14(17)10-12(4)6-2/h7,9-11H,5-6,8H2,1-4H3,(H,18,19)/b12-10+,13-7+,14-11+,15-9-. The molecule has 0 heterocycles. The van der Waals surface area contributed by atoms with Crippen LogP contribution in [0.3, 0.4) is 0 Å². The normalized spacial score (nSPS) is 14.8. The molecule has 0 spiro atoms. The van der Waals surface area contributed by atoms with Crippen LogP contribution in [0.1, 0.15) is 47.0 Å². The second-order valence-electron chi connectivity index (χ2n) is 4.33. The molecule has 19 heavy (non-hydrogen) atoms. The fourth-order valence-electron chi connectivity index (χ4n) is 1.46. The molecule has 0 aliphatic heterocycles. The topological polar surface area (TPSA) is 37.3 Å². The van der Waals surface area contributed by atoms with Crippen molar-refractivity contribution in [2.24, 2.45) is 0 Å². The molecule has 0 saturated heterocycles. The van der Waals surface area contributed by atoms with Crippen LogP contribution in [0.2, 0.25) is 0 Å². The SMILES string of the molecule is C/C=C(\C=C(F)/C=C(\C)CC)C(=C/CCC)/C(=O)O. The van der Waals surface area contributed by atoms with Gasteiger partial charge in [-0.2, -0.15) is 0 Å². The molecule has 0 fully saturated rings. The summed E-state index contributed by atoms with van der Waals surface area (Å²) in [6.45, 7) is 7.46. The van der Waals surface area contributed by atoms with Crippen molar-refractivity contribution < 1.29 is 14.3 Å². The van der Waals surface area contributed by atoms with Crippen LogP contribution in [-0.4, -0.2) is 11.1 Å². The van der Waals surface area contributed by atoms with E-state index in [1.807, 2.05) is 20.8 Å². The van der Waals surface area contributed by atoms with Gasteiger partial charge in [-0.05, 0) is 44.4 Å². The lowest BCUT2D eigenvalue weighted by Crippen LogP contribution is -2.03. The van der Waals surface area contributed by atoms with Gasteiger partial charge in [-0.25, -0.2) is 9.18 Å². The Bertz CT molecular complexity index is 426. The number of carboxylic acid groups (broad SMARTS) is 1. The molecular formula is C16H23FO2. The van der Waals surface area contributed by atoms with E-state index in [4.69, 9.17) is 5.11 Å². The van der Waals surface area contributed by atoms with Crippen molar-refractivity contribution in [3.63, 3.8) is 0 Å². The van der Waals surface area contributed by atoms with Crippen molar-refractivity contribution in [3.05, 3.63) is 46.9 Å². The predicted octanol–water partition coefficient (Wildman–Crippen LogP) is 4.95. The van der Waals surface area contributed by atoms with Gasteiger partial charge in [-0.3, -0.25) is 0 Å². The summed E-state index contributed by atoms with van der Waals surface area (Å²) in [6.07, 6.45) is 8.25. The Balaban J connectivity index is 5.32. The molecule has 0 saturated carbocycles. The van der Waals surface area contributed by atoms with Crippen molar-refractivity contribution in [3.8, 4) is 0 Å². The lowest BCUT2D eigenvalue weighted by molar-refractivity contribution is -0.132. The van der Waals surface area contributed by atoms with Crippen LogP contribution in [-0.2, 0) is 4.79 Å². The zero-order chi connectivity index (χ0) is 14.8. The van der Waals surface area contributed by atoms with E-state index < -0.39 is 11.8 Å². The molecule has 0 radical (unpaired) electrons. The summed E-state index contributed by atoms with van der Waals surface area (Å²) in [7, 11) is 0. The van der Waals surface area contributed by atoms with Gasteiger partial charge in [-0.1, -0.05) is 38.0 Å². The van der Waals surface area contributed by atoms with E-state index in [1.165, 1.54) is 12.2 Å². The first-order chi connectivity index (χ1) is 8.96. The Morgan fingerprint density at radius 2 is 1.89 bits per heavy atom. The van der Waals surface area contributed by atoms with Crippen LogP contribution in [0, 0.1) is 0 Å². The number of hydrogen-bond acceptors (Lipinski definition) is 1. The summed E-state index contributed by atoms with van der Waals surface area (Å²) in [5, 5.41) is 9.17. The minimum atomic E-state index is -1.03. The first-order valence-corrected chi connectivity index (χ1v) is 6.60. The van der Waals surface area contributed by atoms with E-state index in [1.54, 1.807) is 19.1 Å². The largest absolute Gasteiger partial charge is 0.478 e. The predicted molar refractivity (Wildman–Crippen MR) is 77.6 cm³/mol. The highest BCUT2D eigenvalue weighted by molar-refractivity contribution is 5.92. The molecule has 1 N–H and O–H groups in total. The van der Waals surface area contributed by atoms with E-state index in [9.17, 15) is 9.18 Å². The van der Waals surface area contributed by atoms with E-state index >= 15 is 0 Å². The van der Waals surface area contributed by atoms with Gasteiger partial charge in [0, 0.05) is 0 Å². The van der Waals surface area contributed by atoms with Crippen molar-refractivity contribution in [2.45, 2.75) is 47.0 Å². The second kappa shape index (κ2) is 9.31. The molecule has 106 valence electrons. The lowest BCUT2D eigenvalue weighted by Gasteiger charge is -2.04. The first-order valence-electron chi connectivity index (χ1n) is 6.60. The fourth-order valence-corrected chi connectivity index (χ4v) is 1.46. The highest BCUT2D eigenvalue weighted by atomic mass is 19.1. The smallest absolute Gasteiger partial charge is 0.335 e. The number of rotatable bonds is 7. The minimum Gasteiger partial charge on any atom is -0.478 e. The van der Waals surface area contributed by atoms with Crippen LogP contribution in [0.5, 0.6) is 0 Å². The van der Waals surface area contributed by atoms with Crippen molar-refractivity contribution in [2.75, 3.05) is 0 Å². The second-order valence-corrected chi connectivity index (χ2v) is 4.33. The molecule has 0 bridgehead atoms. The summed E-state index contributed by atoms with van der Waals surface area (Å²) in [4.78, 5) is 11.2. The average Bonchev–Trinajstić information content (AvgIpc) is 2.36. The van der Waals surface area contributed by atoms with Crippen molar-refractivity contribution in [1.29, 1.82) is 0 Å². The Morgan fingerprint density at radius 3 is 2.32 bits per heavy atom. The van der Waals surface area contributed by atoms with Gasteiger partial charge in [0.15, 0.2) is 0 Å². The molecule has 0 aromatic carbocycles. The van der Waals surface area contributed by atoms with E-state index in [0.717, 1.165) is 18.4 Å². The summed E-state index contributed by atoms with van der Waals surface area (Å²) in [5.41, 5.74) is 1.47. The van der Waals surface area contributed by atoms with Crippen LogP contribution < -0.4 is 0 Å². The van der Waals surface area contributed by atoms with Gasteiger partial charge >= 0.3 is 5.97 Å². The molecule has 2 nitrogen and oxygen atoms in total. The molecule has 0 aromatic rings. The maximum absolute atomic E-state index is 13.7. The van der Waals surface area contributed by atoms with Gasteiger partial charge in [0.05, 0.1) is 5.57 Å². The molecular weight excluding hydrogens is 243 g/mol. The molecule has 0 aromatic heterocycles. The van der Waals surface area contributed by atoms with Crippen LogP contribution in [0.15, 0.2) is 46.9 Å². The van der Waals surface area contributed by atoms with E-state index in [0.29, 0.717) is 12.0 Å². The Hall–Kier alpha value is -1.64. The number of allylic oxidation sites excluding steroid dienone is 6. The molecule has 0 atom stereocenters. The molecule has 0 amide bonds. The third-order valence-electron chi connectivity index (χ3n) is 2.72. The number of hydrogen-bond donors (Lipinski definition) is 1. The van der Waals surface area contributed by atoms with Crippen LogP contribution >= 0.6 is 0 Å². The highest BCUT2D eigenvalue weighted by Crippen LogP contribution is 2.18. The number of carboxylic acids is 1. The summed E-state index contributed by atoms with van der Waals surface area (Å²) >= 11 is 0. The van der Waals surface area contributed by atoms with Crippen molar-refractivity contribution in [1.82, 2.24) is 0 Å². The minimum absolute atomic E-state index is 0.155. The number of aliphatic carboxylic acids is 1. The molecule has 0 unspecified atom stereocenters. The Kier molecular flexibility index (Phi) is 8.51. The number of unbranched alkanes of at least 4 members (excludes halogenated alkanes) is 1. The van der Waals surface area contributed by atoms with E-state index in [-0.39, 0.29) is 5.57 Å². The maximum atomic E-state index is 13.7. The third-order valence-corrected chi connectivity index (χ3v) is 2.72. The summed E-state index contributed by atoms with van der Waals surface area (Å²) in [6, 6.07) is 0. The zero-order valence-electron chi connectivity index (χ0n) is 12.2. The maximum Gasteiger partial charge on any atom is 0.335 e. The third kappa shape index (κ3) is 6.75.